The first-order valence-corrected chi connectivity index (χ1v) is 11.9. The largest absolute Gasteiger partial charge is 0.469 e. The van der Waals surface area contributed by atoms with Gasteiger partial charge in [-0.2, -0.15) is 4.31 Å². The lowest BCUT2D eigenvalue weighted by Gasteiger charge is -2.37. The van der Waals surface area contributed by atoms with Gasteiger partial charge >= 0.3 is 5.97 Å². The van der Waals surface area contributed by atoms with Gasteiger partial charge in [-0.15, -0.1) is 0 Å². The van der Waals surface area contributed by atoms with Crippen molar-refractivity contribution in [3.8, 4) is 0 Å². The van der Waals surface area contributed by atoms with Crippen molar-refractivity contribution in [3.63, 3.8) is 0 Å². The van der Waals surface area contributed by atoms with Gasteiger partial charge in [-0.3, -0.25) is 9.59 Å². The van der Waals surface area contributed by atoms with Crippen LogP contribution in [-0.2, 0) is 26.1 Å². The zero-order valence-electron chi connectivity index (χ0n) is 18.1. The molecular formula is C23H26N2O6S. The number of aromatic nitrogens is 1. The van der Waals surface area contributed by atoms with Crippen molar-refractivity contribution < 1.29 is 23.1 Å². The number of carbonyl (C=O) groups excluding carboxylic acids is 1. The number of methoxy groups -OCH3 is 1. The van der Waals surface area contributed by atoms with Crippen LogP contribution >= 0.6 is 0 Å². The second kappa shape index (κ2) is 8.31. The van der Waals surface area contributed by atoms with Gasteiger partial charge in [0.25, 0.3) is 5.56 Å². The maximum Gasteiger partial charge on any atom is 0.311 e. The summed E-state index contributed by atoms with van der Waals surface area (Å²) in [4.78, 5) is 26.1. The highest BCUT2D eigenvalue weighted by Gasteiger charge is 2.60. The van der Waals surface area contributed by atoms with Gasteiger partial charge in [0.05, 0.1) is 24.0 Å². The first kappa shape index (κ1) is 22.4. The molecule has 9 heteroatoms. The Morgan fingerprint density at radius 1 is 1.25 bits per heavy atom. The third-order valence-electron chi connectivity index (χ3n) is 6.49. The number of pyridine rings is 1. The van der Waals surface area contributed by atoms with Crippen LogP contribution in [0.4, 0.5) is 0 Å². The number of aliphatic hydroxyl groups is 1. The second-order valence-electron chi connectivity index (χ2n) is 8.14. The van der Waals surface area contributed by atoms with Gasteiger partial charge < -0.3 is 14.4 Å². The van der Waals surface area contributed by atoms with E-state index in [-0.39, 0.29) is 17.0 Å². The monoisotopic (exact) mass is 458 g/mol. The third-order valence-corrected chi connectivity index (χ3v) is 8.55. The van der Waals surface area contributed by atoms with Crippen LogP contribution in [0.15, 0.2) is 52.2 Å². The number of nitrogens with zero attached hydrogens (tertiary/aromatic N) is 2. The molecule has 0 spiro atoms. The molecule has 0 saturated carbocycles. The Bertz CT molecular complexity index is 1250. The smallest absolute Gasteiger partial charge is 0.311 e. The van der Waals surface area contributed by atoms with Crippen molar-refractivity contribution in [2.75, 3.05) is 13.7 Å². The van der Waals surface area contributed by atoms with E-state index in [1.165, 1.54) is 22.0 Å². The van der Waals surface area contributed by atoms with Crippen molar-refractivity contribution >= 4 is 22.1 Å². The minimum atomic E-state index is -4.04. The molecule has 8 nitrogen and oxygen atoms in total. The van der Waals surface area contributed by atoms with Crippen LogP contribution < -0.4 is 5.56 Å². The predicted molar refractivity (Wildman–Crippen MR) is 118 cm³/mol. The number of aliphatic hydroxyl groups excluding tert-OH is 1. The highest BCUT2D eigenvalue weighted by molar-refractivity contribution is 7.89. The summed E-state index contributed by atoms with van der Waals surface area (Å²) in [7, 11) is -2.80. The first-order valence-electron chi connectivity index (χ1n) is 10.4. The fourth-order valence-electron chi connectivity index (χ4n) is 5.07. The molecule has 0 radical (unpaired) electrons. The molecule has 0 aliphatic carbocycles. The summed E-state index contributed by atoms with van der Waals surface area (Å²) >= 11 is 0. The molecule has 4 rings (SSSR count). The standard InChI is InChI=1S/C23H26N2O6S/c1-4-7-15-10-11-17-21-20(23(28)31-3)16(13-26)18(12-24(17)22(15)27)25(21)32(29,30)19-9-6-5-8-14(19)2/h4-11,16,18,20-21,26H,12-13H2,1-3H3/b7-4+/t16-,18-,20+,21+/m1/s1. The lowest BCUT2D eigenvalue weighted by molar-refractivity contribution is -0.148. The highest BCUT2D eigenvalue weighted by Crippen LogP contribution is 2.51. The summed E-state index contributed by atoms with van der Waals surface area (Å²) in [6, 6.07) is 8.23. The molecule has 2 bridgehead atoms. The zero-order chi connectivity index (χ0) is 23.2. The molecule has 2 aliphatic rings. The summed E-state index contributed by atoms with van der Waals surface area (Å²) in [6.45, 7) is 3.14. The Balaban J connectivity index is 1.97. The van der Waals surface area contributed by atoms with Gasteiger partial charge in [-0.1, -0.05) is 30.4 Å². The lowest BCUT2D eigenvalue weighted by atomic mass is 9.87. The quantitative estimate of drug-likeness (QED) is 0.684. The van der Waals surface area contributed by atoms with E-state index in [0.717, 1.165) is 0 Å². The second-order valence-corrected chi connectivity index (χ2v) is 9.95. The molecule has 170 valence electrons. The Kier molecular flexibility index (Phi) is 5.83. The molecule has 2 aromatic rings. The SMILES string of the molecule is C/C=C/c1ccc2n(c1=O)C[C@@H]1[C@@H](CO)[C@H](C(=O)OC)[C@H]2N1S(=O)(=O)c1ccccc1C. The maximum absolute atomic E-state index is 13.8. The average molecular weight is 459 g/mol. The average Bonchev–Trinajstić information content (AvgIpc) is 3.03. The van der Waals surface area contributed by atoms with E-state index < -0.39 is 46.5 Å². The van der Waals surface area contributed by atoms with Gasteiger partial charge in [0, 0.05) is 36.4 Å². The number of ether oxygens (including phenoxy) is 1. The molecule has 4 atom stereocenters. The number of carbonyl (C=O) groups is 1. The Labute approximate surface area is 186 Å². The molecule has 1 fully saturated rings. The zero-order valence-corrected chi connectivity index (χ0v) is 19.0. The van der Waals surface area contributed by atoms with E-state index in [1.54, 1.807) is 56.3 Å². The van der Waals surface area contributed by atoms with Crippen LogP contribution in [0.5, 0.6) is 0 Å². The van der Waals surface area contributed by atoms with Gasteiger partial charge in [0.15, 0.2) is 0 Å². The molecule has 0 unspecified atom stereocenters. The third kappa shape index (κ3) is 3.23. The molecule has 1 aromatic carbocycles. The van der Waals surface area contributed by atoms with E-state index >= 15 is 0 Å². The molecule has 3 heterocycles. The Hall–Kier alpha value is -2.75. The molecule has 1 N–H and O–H groups in total. The summed E-state index contributed by atoms with van der Waals surface area (Å²) in [6.07, 6.45) is 3.44. The van der Waals surface area contributed by atoms with Gasteiger partial charge in [0.1, 0.15) is 0 Å². The van der Waals surface area contributed by atoms with Crippen LogP contribution in [0.2, 0.25) is 0 Å². The summed E-state index contributed by atoms with van der Waals surface area (Å²) in [5.41, 5.74) is 1.21. The number of hydrogen-bond donors (Lipinski definition) is 1. The van der Waals surface area contributed by atoms with Crippen LogP contribution in [0.1, 0.15) is 29.8 Å². The molecule has 2 aliphatic heterocycles. The van der Waals surface area contributed by atoms with Crippen molar-refractivity contribution in [1.82, 2.24) is 8.87 Å². The Morgan fingerprint density at radius 2 is 1.97 bits per heavy atom. The van der Waals surface area contributed by atoms with Gasteiger partial charge in [-0.05, 0) is 37.6 Å². The molecular weight excluding hydrogens is 432 g/mol. The number of hydrogen-bond acceptors (Lipinski definition) is 6. The van der Waals surface area contributed by atoms with Crippen LogP contribution in [0, 0.1) is 18.8 Å². The van der Waals surface area contributed by atoms with E-state index in [4.69, 9.17) is 4.74 Å². The normalized spacial score (nSPS) is 25.1. The van der Waals surface area contributed by atoms with E-state index in [0.29, 0.717) is 16.8 Å². The van der Waals surface area contributed by atoms with Crippen LogP contribution in [0.3, 0.4) is 0 Å². The fraction of sp³-hybridized carbons (Fsp3) is 0.391. The van der Waals surface area contributed by atoms with E-state index in [2.05, 4.69) is 0 Å². The highest BCUT2D eigenvalue weighted by atomic mass is 32.2. The number of esters is 1. The lowest BCUT2D eigenvalue weighted by Crippen LogP contribution is -2.49. The maximum atomic E-state index is 13.8. The number of benzene rings is 1. The summed E-state index contributed by atoms with van der Waals surface area (Å²) in [5, 5.41) is 10.2. The number of allylic oxidation sites excluding steroid dienone is 1. The van der Waals surface area contributed by atoms with Crippen molar-refractivity contribution in [2.24, 2.45) is 11.8 Å². The van der Waals surface area contributed by atoms with Gasteiger partial charge in [-0.25, -0.2) is 8.42 Å². The molecule has 1 saturated heterocycles. The minimum absolute atomic E-state index is 0.0416. The van der Waals surface area contributed by atoms with E-state index in [9.17, 15) is 23.1 Å². The van der Waals surface area contributed by atoms with Crippen LogP contribution in [-0.4, -0.2) is 48.1 Å². The first-order chi connectivity index (χ1) is 15.3. The van der Waals surface area contributed by atoms with Crippen molar-refractivity contribution in [2.45, 2.75) is 37.4 Å². The fourth-order valence-corrected chi connectivity index (χ4v) is 7.14. The summed E-state index contributed by atoms with van der Waals surface area (Å²) < 4.78 is 35.5. The number of rotatable bonds is 5. The van der Waals surface area contributed by atoms with Crippen LogP contribution in [0.25, 0.3) is 6.08 Å². The predicted octanol–water partition coefficient (Wildman–Crippen LogP) is 1.72. The number of fused-ring (bicyclic) bond motifs is 4. The minimum Gasteiger partial charge on any atom is -0.469 e. The number of sulfonamides is 1. The number of aryl methyl sites for hydroxylation is 1. The molecule has 0 amide bonds. The topological polar surface area (TPSA) is 106 Å². The molecule has 32 heavy (non-hydrogen) atoms. The van der Waals surface area contributed by atoms with Gasteiger partial charge in [0.2, 0.25) is 10.0 Å². The summed E-state index contributed by atoms with van der Waals surface area (Å²) in [5.74, 6) is -2.26. The van der Waals surface area contributed by atoms with Crippen molar-refractivity contribution in [3.05, 3.63) is 69.6 Å². The van der Waals surface area contributed by atoms with Crippen molar-refractivity contribution in [1.29, 1.82) is 0 Å². The van der Waals surface area contributed by atoms with E-state index in [1.807, 2.05) is 0 Å². The Morgan fingerprint density at radius 3 is 2.59 bits per heavy atom. The molecule has 1 aromatic heterocycles.